The van der Waals surface area contributed by atoms with E-state index in [1.807, 2.05) is 0 Å². The Kier molecular flexibility index (Phi) is 5.61. The molecule has 0 aromatic rings. The van der Waals surface area contributed by atoms with E-state index in [2.05, 4.69) is 21.4 Å². The third-order valence-electron chi connectivity index (χ3n) is 2.85. The zero-order chi connectivity index (χ0) is 12.2. The molecule has 0 aliphatic carbocycles. The van der Waals surface area contributed by atoms with Gasteiger partial charge in [-0.3, -0.25) is 4.18 Å². The van der Waals surface area contributed by atoms with E-state index in [1.54, 1.807) is 0 Å². The molecule has 0 bridgehead atoms. The quantitative estimate of drug-likeness (QED) is 0.537. The molecule has 2 atom stereocenters. The van der Waals surface area contributed by atoms with Crippen molar-refractivity contribution in [2.24, 2.45) is 5.92 Å². The standard InChI is InChI=1S/C9H20NO4PS/c1-10-5-3-8(4-6-10)9(7-13-15)14-16(2,11)12/h8-9H,3-7,15H2,1-2H3/t9-/m1/s1. The van der Waals surface area contributed by atoms with Crippen LogP contribution in [0.5, 0.6) is 0 Å². The molecule has 5 nitrogen and oxygen atoms in total. The Morgan fingerprint density at radius 1 is 1.44 bits per heavy atom. The first-order valence-electron chi connectivity index (χ1n) is 5.31. The summed E-state index contributed by atoms with van der Waals surface area (Å²) in [6.45, 7) is 2.25. The van der Waals surface area contributed by atoms with Gasteiger partial charge in [-0.15, -0.1) is 0 Å². The third kappa shape index (κ3) is 5.06. The van der Waals surface area contributed by atoms with Crippen LogP contribution in [0.3, 0.4) is 0 Å². The fourth-order valence-corrected chi connectivity index (χ4v) is 2.81. The van der Waals surface area contributed by atoms with E-state index in [1.165, 1.54) is 0 Å². The van der Waals surface area contributed by atoms with Crippen molar-refractivity contribution in [2.75, 3.05) is 33.0 Å². The van der Waals surface area contributed by atoms with E-state index in [0.29, 0.717) is 6.61 Å². The van der Waals surface area contributed by atoms with Gasteiger partial charge < -0.3 is 9.42 Å². The van der Waals surface area contributed by atoms with Crippen LogP contribution in [0.1, 0.15) is 12.8 Å². The first kappa shape index (κ1) is 14.3. The first-order chi connectivity index (χ1) is 7.42. The molecule has 1 aliphatic heterocycles. The van der Waals surface area contributed by atoms with Crippen molar-refractivity contribution in [1.29, 1.82) is 0 Å². The Bertz CT molecular complexity index is 301. The van der Waals surface area contributed by atoms with Crippen LogP contribution in [0.25, 0.3) is 0 Å². The number of rotatable bonds is 5. The van der Waals surface area contributed by atoms with Crippen LogP contribution in [-0.4, -0.2) is 52.4 Å². The molecule has 0 amide bonds. The zero-order valence-corrected chi connectivity index (χ0v) is 11.7. The van der Waals surface area contributed by atoms with Gasteiger partial charge in [-0.1, -0.05) is 0 Å². The van der Waals surface area contributed by atoms with Crippen LogP contribution in [0, 0.1) is 5.92 Å². The van der Waals surface area contributed by atoms with E-state index in [4.69, 9.17) is 8.71 Å². The largest absolute Gasteiger partial charge is 0.363 e. The van der Waals surface area contributed by atoms with Gasteiger partial charge in [0.15, 0.2) is 0 Å². The molecule has 1 aliphatic rings. The number of likely N-dealkylation sites (tertiary alicyclic amines) is 1. The lowest BCUT2D eigenvalue weighted by atomic mass is 9.92. The highest BCUT2D eigenvalue weighted by molar-refractivity contribution is 7.86. The summed E-state index contributed by atoms with van der Waals surface area (Å²) in [4.78, 5) is 2.23. The average Bonchev–Trinajstić information content (AvgIpc) is 2.16. The number of piperidine rings is 1. The molecule has 0 aromatic heterocycles. The molecule has 0 saturated carbocycles. The monoisotopic (exact) mass is 269 g/mol. The summed E-state index contributed by atoms with van der Waals surface area (Å²) in [6.07, 6.45) is 2.62. The maximum Gasteiger partial charge on any atom is 0.264 e. The van der Waals surface area contributed by atoms with Gasteiger partial charge in [0.2, 0.25) is 0 Å². The lowest BCUT2D eigenvalue weighted by Crippen LogP contribution is -2.39. The minimum Gasteiger partial charge on any atom is -0.363 e. The third-order valence-corrected chi connectivity index (χ3v) is 3.64. The predicted octanol–water partition coefficient (Wildman–Crippen LogP) is 0.480. The van der Waals surface area contributed by atoms with Gasteiger partial charge in [0.25, 0.3) is 10.1 Å². The molecular weight excluding hydrogens is 249 g/mol. The van der Waals surface area contributed by atoms with E-state index in [9.17, 15) is 8.42 Å². The lowest BCUT2D eigenvalue weighted by Gasteiger charge is -2.33. The van der Waals surface area contributed by atoms with Crippen LogP contribution in [0.15, 0.2) is 0 Å². The van der Waals surface area contributed by atoms with Crippen LogP contribution >= 0.6 is 9.47 Å². The fourth-order valence-electron chi connectivity index (χ4n) is 1.96. The van der Waals surface area contributed by atoms with Gasteiger partial charge in [0.1, 0.15) is 6.10 Å². The molecule has 1 heterocycles. The molecule has 0 N–H and O–H groups in total. The SMILES string of the molecule is CN1CCC([C@@H](COP)OS(C)(=O)=O)CC1. The second kappa shape index (κ2) is 6.26. The van der Waals surface area contributed by atoms with Crippen LogP contribution < -0.4 is 0 Å². The number of hydrogen-bond donors (Lipinski definition) is 0. The Morgan fingerprint density at radius 2 is 2.00 bits per heavy atom. The molecule has 0 aromatic carbocycles. The van der Waals surface area contributed by atoms with Crippen molar-refractivity contribution < 1.29 is 17.1 Å². The smallest absolute Gasteiger partial charge is 0.264 e. The summed E-state index contributed by atoms with van der Waals surface area (Å²) in [6, 6.07) is 0. The van der Waals surface area contributed by atoms with Gasteiger partial charge in [0, 0.05) is 9.47 Å². The molecule has 96 valence electrons. The average molecular weight is 269 g/mol. The normalized spacial score (nSPS) is 22.2. The summed E-state index contributed by atoms with van der Waals surface area (Å²) in [5, 5.41) is 0. The Hall–Kier alpha value is 0.260. The van der Waals surface area contributed by atoms with Gasteiger partial charge in [-0.25, -0.2) is 0 Å². The van der Waals surface area contributed by atoms with Crippen molar-refractivity contribution in [2.45, 2.75) is 18.9 Å². The summed E-state index contributed by atoms with van der Waals surface area (Å²) in [5.74, 6) is 0.256. The van der Waals surface area contributed by atoms with Crippen molar-refractivity contribution >= 4 is 19.6 Å². The van der Waals surface area contributed by atoms with Crippen molar-refractivity contribution in [3.8, 4) is 0 Å². The fraction of sp³-hybridized carbons (Fsp3) is 1.00. The van der Waals surface area contributed by atoms with E-state index in [-0.39, 0.29) is 12.0 Å². The van der Waals surface area contributed by atoms with Crippen LogP contribution in [-0.2, 0) is 18.8 Å². The highest BCUT2D eigenvalue weighted by Gasteiger charge is 2.28. The highest BCUT2D eigenvalue weighted by atomic mass is 32.2. The molecule has 1 saturated heterocycles. The van der Waals surface area contributed by atoms with Gasteiger partial charge in [0.05, 0.1) is 12.9 Å². The van der Waals surface area contributed by atoms with E-state index >= 15 is 0 Å². The van der Waals surface area contributed by atoms with Crippen molar-refractivity contribution in [1.82, 2.24) is 4.90 Å². The minimum absolute atomic E-state index is 0.256. The van der Waals surface area contributed by atoms with E-state index in [0.717, 1.165) is 32.2 Å². The van der Waals surface area contributed by atoms with Crippen molar-refractivity contribution in [3.05, 3.63) is 0 Å². The zero-order valence-electron chi connectivity index (χ0n) is 9.76. The summed E-state index contributed by atoms with van der Waals surface area (Å²) in [5.41, 5.74) is 0. The number of hydrogen-bond acceptors (Lipinski definition) is 5. The Balaban J connectivity index is 2.56. The first-order valence-corrected chi connectivity index (χ1v) is 7.59. The Morgan fingerprint density at radius 3 is 2.44 bits per heavy atom. The molecule has 1 fully saturated rings. The topological polar surface area (TPSA) is 55.8 Å². The minimum atomic E-state index is -3.41. The molecule has 0 spiro atoms. The lowest BCUT2D eigenvalue weighted by molar-refractivity contribution is 0.0586. The maximum atomic E-state index is 11.1. The van der Waals surface area contributed by atoms with Crippen LogP contribution in [0.2, 0.25) is 0 Å². The predicted molar refractivity (Wildman–Crippen MR) is 65.6 cm³/mol. The highest BCUT2D eigenvalue weighted by Crippen LogP contribution is 2.23. The van der Waals surface area contributed by atoms with Gasteiger partial charge in [-0.2, -0.15) is 8.42 Å². The van der Waals surface area contributed by atoms with Crippen LogP contribution in [0.4, 0.5) is 0 Å². The summed E-state index contributed by atoms with van der Waals surface area (Å²) < 4.78 is 32.3. The molecule has 1 rings (SSSR count). The molecular formula is C9H20NO4PS. The van der Waals surface area contributed by atoms with E-state index < -0.39 is 10.1 Å². The van der Waals surface area contributed by atoms with Crippen molar-refractivity contribution in [3.63, 3.8) is 0 Å². The second-order valence-electron chi connectivity index (χ2n) is 4.31. The summed E-state index contributed by atoms with van der Waals surface area (Å²) in [7, 11) is 0.788. The second-order valence-corrected chi connectivity index (χ2v) is 6.25. The number of nitrogens with zero attached hydrogens (tertiary/aromatic N) is 1. The Labute approximate surface area is 99.9 Å². The molecule has 1 unspecified atom stereocenters. The maximum absolute atomic E-state index is 11.1. The van der Waals surface area contributed by atoms with Gasteiger partial charge in [-0.05, 0) is 38.9 Å². The summed E-state index contributed by atoms with van der Waals surface area (Å²) >= 11 is 0. The molecule has 16 heavy (non-hydrogen) atoms. The molecule has 0 radical (unpaired) electrons. The molecule has 7 heteroatoms. The van der Waals surface area contributed by atoms with Gasteiger partial charge >= 0.3 is 0 Å².